The van der Waals surface area contributed by atoms with Crippen LogP contribution in [0.4, 0.5) is 0 Å². The number of hydrogen-bond donors (Lipinski definition) is 1. The van der Waals surface area contributed by atoms with Gasteiger partial charge in [-0.3, -0.25) is 4.79 Å². The van der Waals surface area contributed by atoms with Crippen molar-refractivity contribution in [3.05, 3.63) is 62.2 Å². The largest absolute Gasteiger partial charge is 0.351 e. The Labute approximate surface area is 152 Å². The molecular weight excluding hydrogens is 358 g/mol. The Morgan fingerprint density at radius 2 is 2.16 bits per heavy atom. The van der Waals surface area contributed by atoms with E-state index in [9.17, 15) is 4.79 Å². The van der Waals surface area contributed by atoms with Crippen molar-refractivity contribution in [3.63, 3.8) is 0 Å². The maximum absolute atomic E-state index is 13.0. The molecule has 4 aromatic rings. The fourth-order valence-electron chi connectivity index (χ4n) is 2.84. The summed E-state index contributed by atoms with van der Waals surface area (Å²) in [5, 5.41) is 13.7. The van der Waals surface area contributed by atoms with Crippen LogP contribution in [-0.4, -0.2) is 31.0 Å². The Morgan fingerprint density at radius 1 is 1.32 bits per heavy atom. The second-order valence-electron chi connectivity index (χ2n) is 5.78. The molecule has 1 N–H and O–H groups in total. The van der Waals surface area contributed by atoms with E-state index in [0.717, 1.165) is 21.3 Å². The fraction of sp³-hybridized carbons (Fsp3) is 0.176. The number of rotatable bonds is 4. The lowest BCUT2D eigenvalue weighted by atomic mass is 10.0. The van der Waals surface area contributed by atoms with Crippen LogP contribution < -0.4 is 0 Å². The number of nitrogens with zero attached hydrogens (tertiary/aromatic N) is 4. The highest BCUT2D eigenvalue weighted by Gasteiger charge is 2.22. The van der Waals surface area contributed by atoms with Crippen LogP contribution in [0.1, 0.15) is 31.6 Å². The second-order valence-corrected chi connectivity index (χ2v) is 7.50. The van der Waals surface area contributed by atoms with Gasteiger partial charge in [0.15, 0.2) is 5.82 Å². The van der Waals surface area contributed by atoms with Crippen LogP contribution >= 0.6 is 22.9 Å². The number of carbonyl (C=O) groups excluding carboxylic acids is 1. The molecule has 0 aliphatic rings. The standard InChI is InChI=1S/C17H14ClN5OS/c1-9-3-6-14(25-9)17(24)16-12(8-15-20-22-23(2)21-15)11-5-4-10(18)7-13(11)19-16/h3-7,19H,8H2,1-2H3. The van der Waals surface area contributed by atoms with Crippen LogP contribution in [0.25, 0.3) is 10.9 Å². The van der Waals surface area contributed by atoms with Crippen LogP contribution in [0.3, 0.4) is 0 Å². The lowest BCUT2D eigenvalue weighted by Gasteiger charge is -2.01. The molecule has 0 atom stereocenters. The number of benzene rings is 1. The first-order valence-electron chi connectivity index (χ1n) is 7.65. The van der Waals surface area contributed by atoms with E-state index in [1.807, 2.05) is 37.3 Å². The first-order valence-corrected chi connectivity index (χ1v) is 8.85. The Kier molecular flexibility index (Phi) is 3.89. The molecule has 25 heavy (non-hydrogen) atoms. The molecule has 3 heterocycles. The van der Waals surface area contributed by atoms with Crippen LogP contribution in [0.15, 0.2) is 30.3 Å². The van der Waals surface area contributed by atoms with Crippen molar-refractivity contribution in [1.82, 2.24) is 25.2 Å². The predicted octanol–water partition coefficient (Wildman–Crippen LogP) is 3.54. The summed E-state index contributed by atoms with van der Waals surface area (Å²) in [5.41, 5.74) is 2.23. The zero-order valence-electron chi connectivity index (χ0n) is 13.6. The number of H-pyrrole nitrogens is 1. The first kappa shape index (κ1) is 16.0. The van der Waals surface area contributed by atoms with Crippen molar-refractivity contribution in [1.29, 1.82) is 0 Å². The summed E-state index contributed by atoms with van der Waals surface area (Å²) in [6.45, 7) is 1.98. The summed E-state index contributed by atoms with van der Waals surface area (Å²) in [6.07, 6.45) is 0.418. The van der Waals surface area contributed by atoms with Gasteiger partial charge >= 0.3 is 0 Å². The first-order chi connectivity index (χ1) is 12.0. The lowest BCUT2D eigenvalue weighted by Crippen LogP contribution is -2.04. The van der Waals surface area contributed by atoms with Gasteiger partial charge in [0.2, 0.25) is 5.78 Å². The van der Waals surface area contributed by atoms with Gasteiger partial charge in [0.1, 0.15) is 0 Å². The normalized spacial score (nSPS) is 11.3. The Hall–Kier alpha value is -2.51. The molecule has 4 rings (SSSR count). The summed E-state index contributed by atoms with van der Waals surface area (Å²) in [5.74, 6) is 0.527. The van der Waals surface area contributed by atoms with Crippen molar-refractivity contribution in [3.8, 4) is 0 Å². The number of aromatic amines is 1. The fourth-order valence-corrected chi connectivity index (χ4v) is 3.82. The molecule has 126 valence electrons. The van der Waals surface area contributed by atoms with Crippen LogP contribution in [0, 0.1) is 6.92 Å². The average molecular weight is 372 g/mol. The molecule has 0 bridgehead atoms. The van der Waals surface area contributed by atoms with E-state index in [4.69, 9.17) is 11.6 Å². The molecule has 0 aliphatic carbocycles. The van der Waals surface area contributed by atoms with Gasteiger partial charge in [-0.15, -0.1) is 21.5 Å². The third-order valence-electron chi connectivity index (χ3n) is 3.94. The van der Waals surface area contributed by atoms with Gasteiger partial charge in [-0.2, -0.15) is 4.80 Å². The molecule has 0 radical (unpaired) electrons. The average Bonchev–Trinajstić information content (AvgIpc) is 3.27. The topological polar surface area (TPSA) is 76.5 Å². The van der Waals surface area contributed by atoms with Crippen molar-refractivity contribution in [2.75, 3.05) is 0 Å². The monoisotopic (exact) mass is 371 g/mol. The molecule has 3 aromatic heterocycles. The van der Waals surface area contributed by atoms with Crippen molar-refractivity contribution >= 4 is 39.6 Å². The summed E-state index contributed by atoms with van der Waals surface area (Å²) in [6, 6.07) is 9.35. The summed E-state index contributed by atoms with van der Waals surface area (Å²) in [7, 11) is 1.71. The number of aryl methyl sites for hydroxylation is 2. The number of thiophene rings is 1. The number of hydrogen-bond acceptors (Lipinski definition) is 5. The van der Waals surface area contributed by atoms with Crippen LogP contribution in [0.5, 0.6) is 0 Å². The van der Waals surface area contributed by atoms with Gasteiger partial charge in [-0.25, -0.2) is 0 Å². The van der Waals surface area contributed by atoms with E-state index in [0.29, 0.717) is 27.8 Å². The minimum Gasteiger partial charge on any atom is -0.351 e. The van der Waals surface area contributed by atoms with Gasteiger partial charge in [0, 0.05) is 27.2 Å². The third-order valence-corrected chi connectivity index (χ3v) is 5.18. The number of ketones is 1. The minimum atomic E-state index is -0.0377. The number of fused-ring (bicyclic) bond motifs is 1. The lowest BCUT2D eigenvalue weighted by molar-refractivity contribution is 0.103. The SMILES string of the molecule is Cc1ccc(C(=O)c2[nH]c3cc(Cl)ccc3c2Cc2nnn(C)n2)s1. The van der Waals surface area contributed by atoms with E-state index in [1.165, 1.54) is 16.1 Å². The molecule has 0 aliphatic heterocycles. The number of halogens is 1. The zero-order valence-corrected chi connectivity index (χ0v) is 15.1. The highest BCUT2D eigenvalue weighted by Crippen LogP contribution is 2.29. The summed E-state index contributed by atoms with van der Waals surface area (Å²) in [4.78, 5) is 19.4. The molecule has 1 aromatic carbocycles. The molecular formula is C17H14ClN5OS. The highest BCUT2D eigenvalue weighted by atomic mass is 35.5. The van der Waals surface area contributed by atoms with Crippen LogP contribution in [0.2, 0.25) is 5.02 Å². The molecule has 0 fully saturated rings. The highest BCUT2D eigenvalue weighted by molar-refractivity contribution is 7.14. The number of nitrogens with one attached hydrogen (secondary N) is 1. The van der Waals surface area contributed by atoms with Gasteiger partial charge in [0.25, 0.3) is 0 Å². The van der Waals surface area contributed by atoms with E-state index in [2.05, 4.69) is 20.4 Å². The third kappa shape index (κ3) is 2.96. The maximum atomic E-state index is 13.0. The number of tetrazole rings is 1. The Balaban J connectivity index is 1.86. The van der Waals surface area contributed by atoms with E-state index >= 15 is 0 Å². The molecule has 8 heteroatoms. The van der Waals surface area contributed by atoms with E-state index in [-0.39, 0.29) is 5.78 Å². The molecule has 0 amide bonds. The molecule has 0 saturated carbocycles. The minimum absolute atomic E-state index is 0.0377. The molecule has 0 spiro atoms. The maximum Gasteiger partial charge on any atom is 0.219 e. The Morgan fingerprint density at radius 3 is 2.84 bits per heavy atom. The second kappa shape index (κ2) is 6.09. The quantitative estimate of drug-likeness (QED) is 0.557. The zero-order chi connectivity index (χ0) is 17.6. The van der Waals surface area contributed by atoms with E-state index < -0.39 is 0 Å². The molecule has 6 nitrogen and oxygen atoms in total. The van der Waals surface area contributed by atoms with Gasteiger partial charge in [-0.1, -0.05) is 17.7 Å². The van der Waals surface area contributed by atoms with E-state index in [1.54, 1.807) is 7.05 Å². The molecule has 0 saturated heterocycles. The predicted molar refractivity (Wildman–Crippen MR) is 97.4 cm³/mol. The van der Waals surface area contributed by atoms with Crippen molar-refractivity contribution in [2.45, 2.75) is 13.3 Å². The number of aromatic nitrogens is 5. The van der Waals surface area contributed by atoms with Gasteiger partial charge < -0.3 is 4.98 Å². The summed E-state index contributed by atoms with van der Waals surface area (Å²) < 4.78 is 0. The van der Waals surface area contributed by atoms with Crippen molar-refractivity contribution in [2.24, 2.45) is 7.05 Å². The smallest absolute Gasteiger partial charge is 0.219 e. The van der Waals surface area contributed by atoms with Crippen molar-refractivity contribution < 1.29 is 4.79 Å². The molecule has 0 unspecified atom stereocenters. The van der Waals surface area contributed by atoms with Crippen LogP contribution in [-0.2, 0) is 13.5 Å². The Bertz CT molecular complexity index is 1090. The summed E-state index contributed by atoms with van der Waals surface area (Å²) >= 11 is 7.58. The van der Waals surface area contributed by atoms with Gasteiger partial charge in [-0.05, 0) is 42.0 Å². The number of carbonyl (C=O) groups is 1. The van der Waals surface area contributed by atoms with Gasteiger partial charge in [0.05, 0.1) is 17.6 Å².